The molecule has 4 heterocycles. The van der Waals surface area contributed by atoms with Crippen LogP contribution in [-0.4, -0.2) is 41.7 Å². The van der Waals surface area contributed by atoms with Crippen LogP contribution < -0.4 is 25.9 Å². The van der Waals surface area contributed by atoms with Gasteiger partial charge in [-0.25, -0.2) is 4.39 Å². The van der Waals surface area contributed by atoms with E-state index in [1.54, 1.807) is 0 Å². The van der Waals surface area contributed by atoms with Gasteiger partial charge in [0, 0.05) is 25.2 Å². The molecular formula is C21H23FN4O3S. The number of benzene rings is 1. The number of nitrogens with one attached hydrogen (secondary N) is 2. The van der Waals surface area contributed by atoms with Crippen LogP contribution in [0.1, 0.15) is 31.7 Å². The van der Waals surface area contributed by atoms with E-state index in [-0.39, 0.29) is 16.8 Å². The van der Waals surface area contributed by atoms with Crippen LogP contribution in [0.5, 0.6) is 5.75 Å². The topological polar surface area (TPSA) is 79.4 Å². The van der Waals surface area contributed by atoms with Gasteiger partial charge in [-0.2, -0.15) is 0 Å². The molecule has 0 spiro atoms. The van der Waals surface area contributed by atoms with Crippen molar-refractivity contribution >= 4 is 38.3 Å². The van der Waals surface area contributed by atoms with Crippen molar-refractivity contribution in [2.24, 2.45) is 5.92 Å². The number of halogens is 1. The van der Waals surface area contributed by atoms with E-state index in [1.165, 1.54) is 24.7 Å². The first-order chi connectivity index (χ1) is 14.6. The molecule has 2 aliphatic heterocycles. The van der Waals surface area contributed by atoms with Crippen molar-refractivity contribution in [1.29, 1.82) is 0 Å². The van der Waals surface area contributed by atoms with E-state index in [1.807, 2.05) is 4.57 Å². The molecule has 2 unspecified atom stereocenters. The SMILES string of the molecule is COc1c(N2CC3CCCNC3C2)c(F)cc2c(=O)c3c(=O)[nH]sc3n(C3CC3)c12. The Bertz CT molecular complexity index is 1280. The van der Waals surface area contributed by atoms with Crippen molar-refractivity contribution in [2.45, 2.75) is 37.8 Å². The highest BCUT2D eigenvalue weighted by molar-refractivity contribution is 7.12. The van der Waals surface area contributed by atoms with Gasteiger partial charge < -0.3 is 19.5 Å². The number of fused-ring (bicyclic) bond motifs is 3. The Labute approximate surface area is 175 Å². The molecule has 6 rings (SSSR count). The third kappa shape index (κ3) is 2.51. The van der Waals surface area contributed by atoms with Crippen LogP contribution in [0.3, 0.4) is 0 Å². The normalized spacial score (nSPS) is 24.0. The summed E-state index contributed by atoms with van der Waals surface area (Å²) in [6.07, 6.45) is 4.20. The minimum atomic E-state index is -0.469. The lowest BCUT2D eigenvalue weighted by Crippen LogP contribution is -2.40. The summed E-state index contributed by atoms with van der Waals surface area (Å²) in [5.41, 5.74) is 0.193. The van der Waals surface area contributed by atoms with E-state index in [0.717, 1.165) is 45.3 Å². The van der Waals surface area contributed by atoms with Crippen molar-refractivity contribution in [3.8, 4) is 5.75 Å². The maximum absolute atomic E-state index is 15.5. The molecule has 0 radical (unpaired) electrons. The Morgan fingerprint density at radius 2 is 2.07 bits per heavy atom. The highest BCUT2D eigenvalue weighted by Crippen LogP contribution is 2.46. The number of aromatic amines is 1. The molecule has 1 aliphatic carbocycles. The predicted octanol–water partition coefficient (Wildman–Crippen LogP) is 2.58. The van der Waals surface area contributed by atoms with Crippen molar-refractivity contribution < 1.29 is 9.13 Å². The molecule has 0 bridgehead atoms. The standard InChI is InChI=1S/C21H23FN4O3S/c1-29-19-16-12(18(27)15-20(28)24-30-21(15)26(16)11-4-5-11)7-13(22)17(19)25-8-10-3-2-6-23-14(10)9-25/h7,10-11,14,23H,2-6,8-9H2,1H3,(H,24,28). The number of aromatic nitrogens is 2. The van der Waals surface area contributed by atoms with Gasteiger partial charge in [-0.3, -0.25) is 14.0 Å². The molecule has 2 N–H and O–H groups in total. The van der Waals surface area contributed by atoms with Crippen LogP contribution in [0.25, 0.3) is 21.1 Å². The molecule has 9 heteroatoms. The smallest absolute Gasteiger partial charge is 0.271 e. The van der Waals surface area contributed by atoms with Crippen LogP contribution in [0.2, 0.25) is 0 Å². The first kappa shape index (κ1) is 18.4. The molecule has 3 aliphatic rings. The highest BCUT2D eigenvalue weighted by atomic mass is 32.1. The van der Waals surface area contributed by atoms with Crippen molar-refractivity contribution in [1.82, 2.24) is 14.3 Å². The van der Waals surface area contributed by atoms with Gasteiger partial charge >= 0.3 is 0 Å². The monoisotopic (exact) mass is 430 g/mol. The number of hydrogen-bond donors (Lipinski definition) is 2. The first-order valence-corrected chi connectivity index (χ1v) is 11.3. The van der Waals surface area contributed by atoms with Crippen LogP contribution in [-0.2, 0) is 0 Å². The van der Waals surface area contributed by atoms with Crippen molar-refractivity contribution in [3.05, 3.63) is 32.5 Å². The van der Waals surface area contributed by atoms with E-state index in [0.29, 0.717) is 33.7 Å². The second-order valence-electron chi connectivity index (χ2n) is 8.65. The molecule has 1 saturated carbocycles. The molecule has 2 aromatic heterocycles. The van der Waals surface area contributed by atoms with Gasteiger partial charge in [0.2, 0.25) is 5.43 Å². The Balaban J connectivity index is 1.65. The fourth-order valence-electron chi connectivity index (χ4n) is 5.32. The minimum absolute atomic E-state index is 0.116. The maximum atomic E-state index is 15.5. The number of methoxy groups -OCH3 is 1. The average molecular weight is 431 g/mol. The summed E-state index contributed by atoms with van der Waals surface area (Å²) in [6.45, 7) is 2.48. The number of anilines is 1. The Kier molecular flexibility index (Phi) is 4.02. The average Bonchev–Trinajstić information content (AvgIpc) is 3.37. The van der Waals surface area contributed by atoms with Gasteiger partial charge in [0.05, 0.1) is 18.0 Å². The Hall–Kier alpha value is -2.39. The molecule has 30 heavy (non-hydrogen) atoms. The molecule has 2 saturated heterocycles. The van der Waals surface area contributed by atoms with E-state index >= 15 is 4.39 Å². The largest absolute Gasteiger partial charge is 0.492 e. The third-order valence-corrected chi connectivity index (χ3v) is 7.71. The van der Waals surface area contributed by atoms with Crippen LogP contribution in [0.4, 0.5) is 10.1 Å². The van der Waals surface area contributed by atoms with Gasteiger partial charge in [-0.05, 0) is 55.7 Å². The number of H-pyrrole nitrogens is 1. The summed E-state index contributed by atoms with van der Waals surface area (Å²) in [7, 11) is 1.53. The number of pyridine rings is 1. The van der Waals surface area contributed by atoms with Crippen LogP contribution in [0, 0.1) is 11.7 Å². The highest BCUT2D eigenvalue weighted by Gasteiger charge is 2.38. The fourth-order valence-corrected chi connectivity index (χ4v) is 6.23. The number of piperidine rings is 1. The summed E-state index contributed by atoms with van der Waals surface area (Å²) in [6, 6.07) is 1.85. The first-order valence-electron chi connectivity index (χ1n) is 10.5. The van der Waals surface area contributed by atoms with Gasteiger partial charge in [-0.15, -0.1) is 0 Å². The van der Waals surface area contributed by atoms with Gasteiger partial charge in [0.15, 0.2) is 11.6 Å². The lowest BCUT2D eigenvalue weighted by Gasteiger charge is -2.25. The summed E-state index contributed by atoms with van der Waals surface area (Å²) < 4.78 is 26.0. The quantitative estimate of drug-likeness (QED) is 0.668. The van der Waals surface area contributed by atoms with E-state index < -0.39 is 16.8 Å². The second-order valence-corrected chi connectivity index (χ2v) is 9.44. The lowest BCUT2D eigenvalue weighted by atomic mass is 9.94. The predicted molar refractivity (Wildman–Crippen MR) is 116 cm³/mol. The van der Waals surface area contributed by atoms with Crippen LogP contribution >= 0.6 is 11.5 Å². The van der Waals surface area contributed by atoms with E-state index in [2.05, 4.69) is 14.6 Å². The molecule has 2 atom stereocenters. The molecular weight excluding hydrogens is 407 g/mol. The second kappa shape index (κ2) is 6.55. The van der Waals surface area contributed by atoms with E-state index in [4.69, 9.17) is 4.74 Å². The van der Waals surface area contributed by atoms with Gasteiger partial charge in [0.25, 0.3) is 5.56 Å². The third-order valence-electron chi connectivity index (χ3n) is 6.83. The summed E-state index contributed by atoms with van der Waals surface area (Å²) in [4.78, 5) is 28.1. The number of ether oxygens (including phenoxy) is 1. The molecule has 0 amide bonds. The molecule has 3 fully saturated rings. The minimum Gasteiger partial charge on any atom is -0.492 e. The summed E-state index contributed by atoms with van der Waals surface area (Å²) >= 11 is 1.17. The Morgan fingerprint density at radius 1 is 1.23 bits per heavy atom. The zero-order chi connectivity index (χ0) is 20.6. The molecule has 3 aromatic rings. The van der Waals surface area contributed by atoms with Crippen LogP contribution in [0.15, 0.2) is 15.7 Å². The summed E-state index contributed by atoms with van der Waals surface area (Å²) in [5.74, 6) is 0.417. The van der Waals surface area contributed by atoms with E-state index in [9.17, 15) is 9.59 Å². The lowest BCUT2D eigenvalue weighted by molar-refractivity contribution is 0.340. The van der Waals surface area contributed by atoms with Gasteiger partial charge in [0.1, 0.15) is 15.9 Å². The number of hydrogen-bond acceptors (Lipinski definition) is 6. The maximum Gasteiger partial charge on any atom is 0.271 e. The number of rotatable bonds is 3. The zero-order valence-electron chi connectivity index (χ0n) is 16.7. The van der Waals surface area contributed by atoms with Gasteiger partial charge in [-0.1, -0.05) is 0 Å². The summed E-state index contributed by atoms with van der Waals surface area (Å²) in [5, 5.41) is 3.88. The van der Waals surface area contributed by atoms with Crippen molar-refractivity contribution in [2.75, 3.05) is 31.6 Å². The van der Waals surface area contributed by atoms with Crippen molar-refractivity contribution in [3.63, 3.8) is 0 Å². The molecule has 7 nitrogen and oxygen atoms in total. The molecule has 158 valence electrons. The zero-order valence-corrected chi connectivity index (χ0v) is 17.5. The Morgan fingerprint density at radius 3 is 2.80 bits per heavy atom. The number of nitrogens with zero attached hydrogens (tertiary/aromatic N) is 2. The fraction of sp³-hybridized carbons (Fsp3) is 0.524. The molecule has 1 aromatic carbocycles.